The molecular weight excluding hydrogens is 256 g/mol. The fourth-order valence-corrected chi connectivity index (χ4v) is 1.65. The molecule has 2 rings (SSSR count). The summed E-state index contributed by atoms with van der Waals surface area (Å²) in [6.07, 6.45) is 3.19. The quantitative estimate of drug-likeness (QED) is 0.847. The van der Waals surface area contributed by atoms with E-state index in [4.69, 9.17) is 4.74 Å². The molecule has 0 bridgehead atoms. The number of hydrogen-bond donors (Lipinski definition) is 1. The first-order chi connectivity index (χ1) is 9.58. The highest BCUT2D eigenvalue weighted by atomic mass is 16.5. The molecule has 6 heteroatoms. The van der Waals surface area contributed by atoms with E-state index in [0.717, 1.165) is 6.54 Å². The van der Waals surface area contributed by atoms with Crippen LogP contribution in [-0.4, -0.2) is 26.8 Å². The Balaban J connectivity index is 2.08. The second-order valence-corrected chi connectivity index (χ2v) is 4.63. The molecular formula is C14H18N4O2. The Kier molecular flexibility index (Phi) is 4.34. The minimum Gasteiger partial charge on any atom is -0.418 e. The topological polar surface area (TPSA) is 69.0 Å². The standard InChI is InChI=1S/C14H18N4O2/c1-4-18-9-11(8-15-18)20-14(19)12-6-5-7-13(17-12)16-10(2)3/h5-10H,4H2,1-3H3,(H,16,17). The molecule has 2 aromatic rings. The minimum atomic E-state index is -0.493. The molecule has 0 radical (unpaired) electrons. The average Bonchev–Trinajstić information content (AvgIpc) is 2.86. The van der Waals surface area contributed by atoms with Crippen LogP contribution in [0.15, 0.2) is 30.6 Å². The van der Waals surface area contributed by atoms with Crippen molar-refractivity contribution >= 4 is 11.8 Å². The Hall–Kier alpha value is -2.37. The first kappa shape index (κ1) is 14.0. The smallest absolute Gasteiger partial charge is 0.362 e. The molecule has 1 N–H and O–H groups in total. The molecule has 106 valence electrons. The lowest BCUT2D eigenvalue weighted by atomic mass is 10.3. The van der Waals surface area contributed by atoms with Crippen LogP contribution in [0.4, 0.5) is 5.82 Å². The zero-order valence-corrected chi connectivity index (χ0v) is 11.8. The van der Waals surface area contributed by atoms with Gasteiger partial charge in [-0.05, 0) is 32.9 Å². The van der Waals surface area contributed by atoms with Gasteiger partial charge >= 0.3 is 5.97 Å². The molecule has 0 aliphatic carbocycles. The molecule has 0 fully saturated rings. The summed E-state index contributed by atoms with van der Waals surface area (Å²) < 4.78 is 6.92. The molecule has 0 amide bonds. The number of aromatic nitrogens is 3. The highest BCUT2D eigenvalue weighted by Gasteiger charge is 2.12. The van der Waals surface area contributed by atoms with Crippen LogP contribution in [0.3, 0.4) is 0 Å². The van der Waals surface area contributed by atoms with Gasteiger partial charge in [0.2, 0.25) is 0 Å². The van der Waals surface area contributed by atoms with Crippen LogP contribution in [0.2, 0.25) is 0 Å². The van der Waals surface area contributed by atoms with Gasteiger partial charge in [-0.15, -0.1) is 0 Å². The van der Waals surface area contributed by atoms with Crippen molar-refractivity contribution in [3.8, 4) is 5.75 Å². The van der Waals surface area contributed by atoms with E-state index in [-0.39, 0.29) is 11.7 Å². The summed E-state index contributed by atoms with van der Waals surface area (Å²) in [6, 6.07) is 5.45. The average molecular weight is 274 g/mol. The Bertz CT molecular complexity index is 592. The predicted octanol–water partition coefficient (Wildman–Crippen LogP) is 2.34. The van der Waals surface area contributed by atoms with Crippen LogP contribution in [0, 0.1) is 0 Å². The number of ether oxygens (including phenoxy) is 1. The van der Waals surface area contributed by atoms with Crippen LogP contribution in [0.5, 0.6) is 5.75 Å². The third-order valence-electron chi connectivity index (χ3n) is 2.54. The number of nitrogens with zero attached hydrogens (tertiary/aromatic N) is 3. The van der Waals surface area contributed by atoms with Gasteiger partial charge in [-0.3, -0.25) is 4.68 Å². The molecule has 0 atom stereocenters. The number of hydrogen-bond acceptors (Lipinski definition) is 5. The van der Waals surface area contributed by atoms with E-state index in [1.54, 1.807) is 23.0 Å². The number of pyridine rings is 1. The molecule has 0 spiro atoms. The van der Waals surface area contributed by atoms with E-state index in [1.165, 1.54) is 6.20 Å². The van der Waals surface area contributed by atoms with Gasteiger partial charge in [-0.2, -0.15) is 5.10 Å². The monoisotopic (exact) mass is 274 g/mol. The lowest BCUT2D eigenvalue weighted by Gasteiger charge is -2.09. The molecule has 0 saturated carbocycles. The highest BCUT2D eigenvalue weighted by molar-refractivity contribution is 5.89. The lowest BCUT2D eigenvalue weighted by molar-refractivity contribution is 0.0728. The van der Waals surface area contributed by atoms with Crippen LogP contribution < -0.4 is 10.1 Å². The minimum absolute atomic E-state index is 0.247. The van der Waals surface area contributed by atoms with Gasteiger partial charge < -0.3 is 10.1 Å². The Morgan fingerprint density at radius 1 is 1.45 bits per heavy atom. The lowest BCUT2D eigenvalue weighted by Crippen LogP contribution is -2.14. The van der Waals surface area contributed by atoms with E-state index in [9.17, 15) is 4.79 Å². The number of carbonyl (C=O) groups excluding carboxylic acids is 1. The normalized spacial score (nSPS) is 10.6. The number of aryl methyl sites for hydroxylation is 1. The summed E-state index contributed by atoms with van der Waals surface area (Å²) in [7, 11) is 0. The maximum absolute atomic E-state index is 12.0. The second kappa shape index (κ2) is 6.18. The van der Waals surface area contributed by atoms with Crippen molar-refractivity contribution in [3.05, 3.63) is 36.3 Å². The molecule has 0 saturated heterocycles. The van der Waals surface area contributed by atoms with Crippen molar-refractivity contribution in [3.63, 3.8) is 0 Å². The van der Waals surface area contributed by atoms with Crippen LogP contribution in [0.25, 0.3) is 0 Å². The zero-order valence-electron chi connectivity index (χ0n) is 11.8. The van der Waals surface area contributed by atoms with Crippen LogP contribution in [-0.2, 0) is 6.54 Å². The second-order valence-electron chi connectivity index (χ2n) is 4.63. The Labute approximate surface area is 117 Å². The number of carbonyl (C=O) groups is 1. The predicted molar refractivity (Wildman–Crippen MR) is 75.9 cm³/mol. The maximum Gasteiger partial charge on any atom is 0.362 e. The van der Waals surface area contributed by atoms with Gasteiger partial charge in [0.05, 0.1) is 12.4 Å². The van der Waals surface area contributed by atoms with Gasteiger partial charge in [0.15, 0.2) is 11.4 Å². The van der Waals surface area contributed by atoms with Crippen molar-refractivity contribution in [2.45, 2.75) is 33.4 Å². The Morgan fingerprint density at radius 3 is 2.90 bits per heavy atom. The highest BCUT2D eigenvalue weighted by Crippen LogP contribution is 2.12. The van der Waals surface area contributed by atoms with Crippen molar-refractivity contribution < 1.29 is 9.53 Å². The van der Waals surface area contributed by atoms with E-state index in [2.05, 4.69) is 15.4 Å². The molecule has 2 heterocycles. The molecule has 0 aliphatic heterocycles. The van der Waals surface area contributed by atoms with Crippen molar-refractivity contribution in [1.82, 2.24) is 14.8 Å². The Morgan fingerprint density at radius 2 is 2.25 bits per heavy atom. The maximum atomic E-state index is 12.0. The van der Waals surface area contributed by atoms with E-state index >= 15 is 0 Å². The van der Waals surface area contributed by atoms with Crippen molar-refractivity contribution in [2.75, 3.05) is 5.32 Å². The van der Waals surface area contributed by atoms with Crippen LogP contribution >= 0.6 is 0 Å². The first-order valence-electron chi connectivity index (χ1n) is 6.56. The van der Waals surface area contributed by atoms with Gasteiger partial charge in [0.1, 0.15) is 5.82 Å². The SMILES string of the molecule is CCn1cc(OC(=O)c2cccc(NC(C)C)n2)cn1. The summed E-state index contributed by atoms with van der Waals surface area (Å²) in [4.78, 5) is 16.2. The molecule has 20 heavy (non-hydrogen) atoms. The molecule has 0 aliphatic rings. The molecule has 0 aromatic carbocycles. The van der Waals surface area contributed by atoms with E-state index < -0.39 is 5.97 Å². The van der Waals surface area contributed by atoms with Gasteiger partial charge in [0, 0.05) is 12.6 Å². The summed E-state index contributed by atoms with van der Waals surface area (Å²) in [5.41, 5.74) is 0.264. The van der Waals surface area contributed by atoms with Gasteiger partial charge in [0.25, 0.3) is 0 Å². The van der Waals surface area contributed by atoms with Crippen molar-refractivity contribution in [1.29, 1.82) is 0 Å². The van der Waals surface area contributed by atoms with Gasteiger partial charge in [-0.1, -0.05) is 6.07 Å². The van der Waals surface area contributed by atoms with Crippen molar-refractivity contribution in [2.24, 2.45) is 0 Å². The number of nitrogens with one attached hydrogen (secondary N) is 1. The fourth-order valence-electron chi connectivity index (χ4n) is 1.65. The van der Waals surface area contributed by atoms with Crippen LogP contribution in [0.1, 0.15) is 31.3 Å². The number of anilines is 1. The number of esters is 1. The number of rotatable bonds is 5. The molecule has 2 aromatic heterocycles. The third-order valence-corrected chi connectivity index (χ3v) is 2.54. The zero-order chi connectivity index (χ0) is 14.5. The summed E-state index contributed by atoms with van der Waals surface area (Å²) in [5, 5.41) is 7.19. The third kappa shape index (κ3) is 3.57. The fraction of sp³-hybridized carbons (Fsp3) is 0.357. The summed E-state index contributed by atoms with van der Waals surface area (Å²) in [5.74, 6) is 0.577. The van der Waals surface area contributed by atoms with Gasteiger partial charge in [-0.25, -0.2) is 9.78 Å². The summed E-state index contributed by atoms with van der Waals surface area (Å²) >= 11 is 0. The summed E-state index contributed by atoms with van der Waals surface area (Å²) in [6.45, 7) is 6.70. The molecule has 6 nitrogen and oxygen atoms in total. The largest absolute Gasteiger partial charge is 0.418 e. The molecule has 0 unspecified atom stereocenters. The first-order valence-corrected chi connectivity index (χ1v) is 6.56. The van der Waals surface area contributed by atoms with E-state index in [1.807, 2.05) is 26.8 Å². The van der Waals surface area contributed by atoms with E-state index in [0.29, 0.717) is 11.6 Å².